The number of aromatic nitrogens is 3. The Kier molecular flexibility index (Phi) is 8.17. The van der Waals surface area contributed by atoms with E-state index in [0.29, 0.717) is 18.2 Å². The predicted molar refractivity (Wildman–Crippen MR) is 140 cm³/mol. The van der Waals surface area contributed by atoms with Crippen LogP contribution in [0.2, 0.25) is 0 Å². The maximum atomic E-state index is 6.15. The summed E-state index contributed by atoms with van der Waals surface area (Å²) in [5.74, 6) is 3.77. The molecular weight excluding hydrogens is 531 g/mol. The Morgan fingerprint density at radius 1 is 1.21 bits per heavy atom. The first-order valence-corrected chi connectivity index (χ1v) is 10.9. The average Bonchev–Trinajstić information content (AvgIpc) is 3.26. The molecule has 1 aliphatic heterocycles. The van der Waals surface area contributed by atoms with E-state index in [1.807, 2.05) is 42.5 Å². The monoisotopic (exact) mass is 562 g/mol. The summed E-state index contributed by atoms with van der Waals surface area (Å²) in [6.45, 7) is 7.41. The van der Waals surface area contributed by atoms with Crippen molar-refractivity contribution in [2.24, 2.45) is 4.99 Å². The summed E-state index contributed by atoms with van der Waals surface area (Å²) in [4.78, 5) is 9.32. The molecule has 4 rings (SSSR count). The van der Waals surface area contributed by atoms with Crippen molar-refractivity contribution in [3.05, 3.63) is 59.9 Å². The molecule has 9 heteroatoms. The summed E-state index contributed by atoms with van der Waals surface area (Å²) in [5.41, 5.74) is 1.80. The molecule has 1 aliphatic rings. The fourth-order valence-corrected chi connectivity index (χ4v) is 3.81. The molecule has 0 bridgehead atoms. The van der Waals surface area contributed by atoms with Crippen LogP contribution in [-0.4, -0.2) is 40.4 Å². The van der Waals surface area contributed by atoms with Gasteiger partial charge >= 0.3 is 0 Å². The van der Waals surface area contributed by atoms with Crippen molar-refractivity contribution in [3.8, 4) is 22.9 Å². The van der Waals surface area contributed by atoms with Gasteiger partial charge in [-0.1, -0.05) is 18.2 Å². The van der Waals surface area contributed by atoms with E-state index in [9.17, 15) is 0 Å². The van der Waals surface area contributed by atoms with Gasteiger partial charge in [-0.15, -0.1) is 24.0 Å². The maximum absolute atomic E-state index is 6.15. The third kappa shape index (κ3) is 6.16. The fourth-order valence-electron chi connectivity index (χ4n) is 3.81. The molecule has 0 saturated carbocycles. The minimum absolute atomic E-state index is 0. The molecule has 0 spiro atoms. The highest BCUT2D eigenvalue weighted by Crippen LogP contribution is 2.39. The van der Waals surface area contributed by atoms with Gasteiger partial charge in [0.1, 0.15) is 29.5 Å². The number of hydrogen-bond donors (Lipinski definition) is 3. The Labute approximate surface area is 211 Å². The number of rotatable bonds is 6. The molecule has 1 unspecified atom stereocenters. The van der Waals surface area contributed by atoms with Crippen molar-refractivity contribution in [1.82, 2.24) is 25.8 Å². The third-order valence-electron chi connectivity index (χ3n) is 5.30. The van der Waals surface area contributed by atoms with E-state index in [-0.39, 0.29) is 35.6 Å². The third-order valence-corrected chi connectivity index (χ3v) is 5.30. The summed E-state index contributed by atoms with van der Waals surface area (Å²) in [6.07, 6.45) is 0.832. The zero-order valence-corrected chi connectivity index (χ0v) is 21.7. The molecule has 1 aromatic heterocycles. The van der Waals surface area contributed by atoms with Crippen LogP contribution in [0.3, 0.4) is 0 Å². The van der Waals surface area contributed by atoms with Crippen LogP contribution in [0.5, 0.6) is 11.5 Å². The zero-order valence-electron chi connectivity index (χ0n) is 19.4. The van der Waals surface area contributed by atoms with Gasteiger partial charge in [0, 0.05) is 24.1 Å². The van der Waals surface area contributed by atoms with Gasteiger partial charge in [0.15, 0.2) is 11.8 Å². The minimum atomic E-state index is -0.262. The van der Waals surface area contributed by atoms with E-state index in [2.05, 4.69) is 52.7 Å². The number of para-hydroxylation sites is 1. The number of aliphatic imine (C=N–C) groups is 1. The highest BCUT2D eigenvalue weighted by atomic mass is 127. The van der Waals surface area contributed by atoms with Gasteiger partial charge in [-0.3, -0.25) is 5.10 Å². The topological polar surface area (TPSA) is 96.5 Å². The van der Waals surface area contributed by atoms with Gasteiger partial charge < -0.3 is 20.1 Å². The average molecular weight is 562 g/mol. The van der Waals surface area contributed by atoms with E-state index >= 15 is 0 Å². The number of hydrogen-bond acceptors (Lipinski definition) is 5. The number of guanidine groups is 1. The van der Waals surface area contributed by atoms with E-state index in [4.69, 9.17) is 14.5 Å². The molecule has 8 nitrogen and oxygen atoms in total. The number of halogens is 1. The summed E-state index contributed by atoms with van der Waals surface area (Å²) in [5, 5.41) is 14.2. The Hall–Kier alpha value is -2.82. The van der Waals surface area contributed by atoms with Gasteiger partial charge in [-0.2, -0.15) is 5.10 Å². The van der Waals surface area contributed by atoms with Crippen LogP contribution in [0.1, 0.15) is 44.6 Å². The summed E-state index contributed by atoms with van der Waals surface area (Å²) in [6, 6.07) is 15.9. The number of aromatic amines is 1. The molecule has 0 fully saturated rings. The van der Waals surface area contributed by atoms with Crippen molar-refractivity contribution in [3.63, 3.8) is 0 Å². The van der Waals surface area contributed by atoms with Crippen molar-refractivity contribution in [2.75, 3.05) is 13.7 Å². The second-order valence-corrected chi connectivity index (χ2v) is 8.33. The standard InChI is InChI=1S/C24H30N6O2.HI/c1-5-25-23(27-19-14-24(2,3)32-20-9-7-6-8-18(19)20)26-15-21-28-22(30-29-21)16-10-12-17(31-4)13-11-16;/h6-13,19H,5,14-15H2,1-4H3,(H2,25,26,27)(H,28,29,30);1H. The van der Waals surface area contributed by atoms with Crippen molar-refractivity contribution in [1.29, 1.82) is 0 Å². The van der Waals surface area contributed by atoms with Gasteiger partial charge in [-0.25, -0.2) is 9.98 Å². The lowest BCUT2D eigenvalue weighted by Gasteiger charge is -2.38. The lowest BCUT2D eigenvalue weighted by atomic mass is 9.90. The molecule has 176 valence electrons. The lowest BCUT2D eigenvalue weighted by molar-refractivity contribution is 0.0694. The van der Waals surface area contributed by atoms with Gasteiger partial charge in [0.05, 0.1) is 13.2 Å². The SMILES string of the molecule is CCNC(=NCc1nc(-c2ccc(OC)cc2)n[nH]1)NC1CC(C)(C)Oc2ccccc21.I. The fraction of sp³-hybridized carbons (Fsp3) is 0.375. The Morgan fingerprint density at radius 2 is 1.97 bits per heavy atom. The van der Waals surface area contributed by atoms with Gasteiger partial charge in [-0.05, 0) is 51.1 Å². The molecular formula is C24H31IN6O2. The van der Waals surface area contributed by atoms with E-state index in [1.165, 1.54) is 0 Å². The number of fused-ring (bicyclic) bond motifs is 1. The molecule has 0 amide bonds. The van der Waals surface area contributed by atoms with E-state index in [1.54, 1.807) is 7.11 Å². The second kappa shape index (κ2) is 10.9. The van der Waals surface area contributed by atoms with E-state index in [0.717, 1.165) is 41.6 Å². The second-order valence-electron chi connectivity index (χ2n) is 8.33. The van der Waals surface area contributed by atoms with Crippen LogP contribution in [0.25, 0.3) is 11.4 Å². The van der Waals surface area contributed by atoms with Crippen molar-refractivity contribution >= 4 is 29.9 Å². The summed E-state index contributed by atoms with van der Waals surface area (Å²) < 4.78 is 11.4. The number of benzene rings is 2. The first-order chi connectivity index (χ1) is 15.5. The number of nitrogens with one attached hydrogen (secondary N) is 3. The summed E-state index contributed by atoms with van der Waals surface area (Å²) >= 11 is 0. The number of nitrogens with zero attached hydrogens (tertiary/aromatic N) is 3. The number of methoxy groups -OCH3 is 1. The molecule has 2 aromatic carbocycles. The first-order valence-electron chi connectivity index (χ1n) is 10.9. The minimum Gasteiger partial charge on any atom is -0.497 e. The molecule has 33 heavy (non-hydrogen) atoms. The maximum Gasteiger partial charge on any atom is 0.192 e. The molecule has 1 atom stereocenters. The summed E-state index contributed by atoms with van der Waals surface area (Å²) in [7, 11) is 1.65. The smallest absolute Gasteiger partial charge is 0.192 e. The molecule has 3 aromatic rings. The molecule has 0 saturated heterocycles. The quantitative estimate of drug-likeness (QED) is 0.233. The predicted octanol–water partition coefficient (Wildman–Crippen LogP) is 4.46. The van der Waals surface area contributed by atoms with Crippen molar-refractivity contribution < 1.29 is 9.47 Å². The molecule has 2 heterocycles. The van der Waals surface area contributed by atoms with Crippen LogP contribution < -0.4 is 20.1 Å². The number of ether oxygens (including phenoxy) is 2. The van der Waals surface area contributed by atoms with Crippen LogP contribution in [-0.2, 0) is 6.54 Å². The molecule has 0 radical (unpaired) electrons. The van der Waals surface area contributed by atoms with Crippen LogP contribution in [0, 0.1) is 0 Å². The molecule has 3 N–H and O–H groups in total. The lowest BCUT2D eigenvalue weighted by Crippen LogP contribution is -2.45. The highest BCUT2D eigenvalue weighted by molar-refractivity contribution is 14.0. The van der Waals surface area contributed by atoms with Crippen molar-refractivity contribution in [2.45, 2.75) is 45.4 Å². The van der Waals surface area contributed by atoms with Crippen LogP contribution in [0.4, 0.5) is 0 Å². The Bertz CT molecular complexity index is 1080. The van der Waals surface area contributed by atoms with E-state index < -0.39 is 0 Å². The normalized spacial score (nSPS) is 16.7. The van der Waals surface area contributed by atoms with Crippen LogP contribution >= 0.6 is 24.0 Å². The first kappa shape index (κ1) is 24.8. The van der Waals surface area contributed by atoms with Gasteiger partial charge in [0.2, 0.25) is 0 Å². The van der Waals surface area contributed by atoms with Crippen LogP contribution in [0.15, 0.2) is 53.5 Å². The van der Waals surface area contributed by atoms with Gasteiger partial charge in [0.25, 0.3) is 0 Å². The highest BCUT2D eigenvalue weighted by Gasteiger charge is 2.33. The Morgan fingerprint density at radius 3 is 2.70 bits per heavy atom. The number of H-pyrrole nitrogens is 1. The zero-order chi connectivity index (χ0) is 22.6. The Balaban J connectivity index is 0.00000306. The molecule has 0 aliphatic carbocycles. The largest absolute Gasteiger partial charge is 0.497 e.